The van der Waals surface area contributed by atoms with Gasteiger partial charge in [0.1, 0.15) is 11.7 Å². The topological polar surface area (TPSA) is 94.3 Å². The van der Waals surface area contributed by atoms with Crippen molar-refractivity contribution in [1.29, 1.82) is 0 Å². The number of amides is 1. The van der Waals surface area contributed by atoms with E-state index >= 15 is 0 Å². The normalized spacial score (nSPS) is 11.9. The summed E-state index contributed by atoms with van der Waals surface area (Å²) in [5.41, 5.74) is 5.57. The van der Waals surface area contributed by atoms with Crippen LogP contribution in [0, 0.1) is 0 Å². The average Bonchev–Trinajstić information content (AvgIpc) is 2.63. The van der Waals surface area contributed by atoms with E-state index in [0.29, 0.717) is 5.13 Å². The zero-order valence-corrected chi connectivity index (χ0v) is 9.13. The van der Waals surface area contributed by atoms with Crippen molar-refractivity contribution in [2.45, 2.75) is 13.0 Å². The van der Waals surface area contributed by atoms with Crippen LogP contribution in [0.1, 0.15) is 17.4 Å². The molecule has 0 fully saturated rings. The van der Waals surface area contributed by atoms with Crippen molar-refractivity contribution in [3.05, 3.63) is 11.1 Å². The van der Waals surface area contributed by atoms with E-state index in [9.17, 15) is 9.59 Å². The van der Waals surface area contributed by atoms with E-state index in [2.05, 4.69) is 15.0 Å². The van der Waals surface area contributed by atoms with Crippen molar-refractivity contribution in [2.24, 2.45) is 0 Å². The molecule has 0 bridgehead atoms. The number of aromatic nitrogens is 1. The van der Waals surface area contributed by atoms with Gasteiger partial charge in [-0.05, 0) is 6.92 Å². The summed E-state index contributed by atoms with van der Waals surface area (Å²) in [5, 5.41) is 4.27. The van der Waals surface area contributed by atoms with E-state index in [1.165, 1.54) is 19.4 Å². The Morgan fingerprint density at radius 3 is 2.80 bits per heavy atom. The first-order valence-electron chi connectivity index (χ1n) is 4.14. The van der Waals surface area contributed by atoms with Crippen LogP contribution in [0.25, 0.3) is 0 Å². The number of thiazole rings is 1. The fourth-order valence-corrected chi connectivity index (χ4v) is 1.44. The quantitative estimate of drug-likeness (QED) is 0.712. The van der Waals surface area contributed by atoms with E-state index in [4.69, 9.17) is 5.73 Å². The molecule has 7 heteroatoms. The third kappa shape index (κ3) is 2.91. The maximum absolute atomic E-state index is 11.5. The molecule has 15 heavy (non-hydrogen) atoms. The van der Waals surface area contributed by atoms with Crippen LogP contribution in [-0.2, 0) is 9.53 Å². The average molecular weight is 229 g/mol. The smallest absolute Gasteiger partial charge is 0.328 e. The van der Waals surface area contributed by atoms with Gasteiger partial charge in [0.25, 0.3) is 5.91 Å². The Morgan fingerprint density at radius 1 is 1.67 bits per heavy atom. The van der Waals surface area contributed by atoms with Gasteiger partial charge in [-0.1, -0.05) is 0 Å². The molecule has 1 atom stereocenters. The number of rotatable bonds is 3. The van der Waals surface area contributed by atoms with Gasteiger partial charge in [-0.25, -0.2) is 9.78 Å². The summed E-state index contributed by atoms with van der Waals surface area (Å²) in [5.74, 6) is -0.951. The molecule has 0 aliphatic heterocycles. The number of nitrogens with one attached hydrogen (secondary N) is 1. The third-order valence-electron chi connectivity index (χ3n) is 1.66. The van der Waals surface area contributed by atoms with Crippen molar-refractivity contribution in [1.82, 2.24) is 10.3 Å². The first-order chi connectivity index (χ1) is 7.04. The molecule has 1 unspecified atom stereocenters. The number of methoxy groups -OCH3 is 1. The molecule has 0 aromatic carbocycles. The number of nitrogens with two attached hydrogens (primary N) is 1. The van der Waals surface area contributed by atoms with Crippen LogP contribution >= 0.6 is 11.3 Å². The van der Waals surface area contributed by atoms with E-state index in [-0.39, 0.29) is 5.69 Å². The van der Waals surface area contributed by atoms with Crippen molar-refractivity contribution in [3.8, 4) is 0 Å². The van der Waals surface area contributed by atoms with Crippen LogP contribution in [0.15, 0.2) is 5.38 Å². The van der Waals surface area contributed by atoms with Gasteiger partial charge >= 0.3 is 5.97 Å². The van der Waals surface area contributed by atoms with E-state index in [1.54, 1.807) is 0 Å². The monoisotopic (exact) mass is 229 g/mol. The fraction of sp³-hybridized carbons (Fsp3) is 0.375. The van der Waals surface area contributed by atoms with Crippen LogP contribution in [0.4, 0.5) is 5.13 Å². The van der Waals surface area contributed by atoms with E-state index < -0.39 is 17.9 Å². The van der Waals surface area contributed by atoms with Crippen molar-refractivity contribution in [3.63, 3.8) is 0 Å². The number of nitrogens with zero attached hydrogens (tertiary/aromatic N) is 1. The van der Waals surface area contributed by atoms with Crippen LogP contribution in [-0.4, -0.2) is 30.0 Å². The molecule has 0 aliphatic rings. The highest BCUT2D eigenvalue weighted by Gasteiger charge is 2.18. The molecule has 0 saturated carbocycles. The van der Waals surface area contributed by atoms with Gasteiger partial charge in [0.2, 0.25) is 0 Å². The number of carbonyl (C=O) groups excluding carboxylic acids is 2. The predicted octanol–water partition coefficient (Wildman–Crippen LogP) is 0.0166. The summed E-state index contributed by atoms with van der Waals surface area (Å²) in [6.07, 6.45) is 0. The second kappa shape index (κ2) is 4.74. The lowest BCUT2D eigenvalue weighted by atomic mass is 10.3. The number of nitrogen functional groups attached to an aromatic ring is 1. The number of carbonyl (C=O) groups is 2. The highest BCUT2D eigenvalue weighted by molar-refractivity contribution is 7.13. The van der Waals surface area contributed by atoms with Gasteiger partial charge in [-0.2, -0.15) is 0 Å². The second-order valence-corrected chi connectivity index (χ2v) is 3.68. The molecule has 1 aromatic rings. The molecule has 1 aromatic heterocycles. The number of anilines is 1. The van der Waals surface area contributed by atoms with Crippen LogP contribution in [0.5, 0.6) is 0 Å². The van der Waals surface area contributed by atoms with E-state index in [0.717, 1.165) is 11.3 Å². The summed E-state index contributed by atoms with van der Waals surface area (Å²) in [6.45, 7) is 1.53. The van der Waals surface area contributed by atoms with Crippen molar-refractivity contribution in [2.75, 3.05) is 12.8 Å². The number of ether oxygens (including phenoxy) is 1. The summed E-state index contributed by atoms with van der Waals surface area (Å²) in [7, 11) is 1.26. The van der Waals surface area contributed by atoms with Crippen LogP contribution in [0.2, 0.25) is 0 Å². The Morgan fingerprint density at radius 2 is 2.33 bits per heavy atom. The number of hydrogen-bond donors (Lipinski definition) is 2. The van der Waals surface area contributed by atoms with Crippen molar-refractivity contribution < 1.29 is 14.3 Å². The first kappa shape index (κ1) is 11.4. The maximum atomic E-state index is 11.5. The fourth-order valence-electron chi connectivity index (χ4n) is 0.898. The lowest BCUT2D eigenvalue weighted by molar-refractivity contribution is -0.142. The van der Waals surface area contributed by atoms with Crippen LogP contribution < -0.4 is 11.1 Å². The summed E-state index contributed by atoms with van der Waals surface area (Å²) < 4.78 is 4.46. The van der Waals surface area contributed by atoms with Gasteiger partial charge in [0, 0.05) is 5.38 Å². The predicted molar refractivity (Wildman–Crippen MR) is 55.5 cm³/mol. The molecule has 82 valence electrons. The molecule has 1 heterocycles. The minimum absolute atomic E-state index is 0.202. The second-order valence-electron chi connectivity index (χ2n) is 2.79. The Balaban J connectivity index is 2.60. The Bertz CT molecular complexity index is 377. The summed E-state index contributed by atoms with van der Waals surface area (Å²) in [4.78, 5) is 26.2. The Labute approximate surface area is 90.4 Å². The third-order valence-corrected chi connectivity index (χ3v) is 2.33. The largest absolute Gasteiger partial charge is 0.467 e. The molecule has 0 spiro atoms. The highest BCUT2D eigenvalue weighted by atomic mass is 32.1. The first-order valence-corrected chi connectivity index (χ1v) is 5.02. The number of hydrogen-bond acceptors (Lipinski definition) is 6. The maximum Gasteiger partial charge on any atom is 0.328 e. The lowest BCUT2D eigenvalue weighted by Crippen LogP contribution is -2.39. The van der Waals surface area contributed by atoms with Gasteiger partial charge < -0.3 is 15.8 Å². The number of esters is 1. The molecule has 1 rings (SSSR count). The molecule has 1 amide bonds. The van der Waals surface area contributed by atoms with Gasteiger partial charge in [-0.3, -0.25) is 4.79 Å². The lowest BCUT2D eigenvalue weighted by Gasteiger charge is -2.09. The molecule has 6 nitrogen and oxygen atoms in total. The molecular formula is C8H11N3O3S. The van der Waals surface area contributed by atoms with Gasteiger partial charge in [-0.15, -0.1) is 11.3 Å². The Hall–Kier alpha value is -1.63. The van der Waals surface area contributed by atoms with Gasteiger partial charge in [0.05, 0.1) is 7.11 Å². The minimum Gasteiger partial charge on any atom is -0.467 e. The summed E-state index contributed by atoms with van der Waals surface area (Å²) in [6, 6.07) is -0.703. The molecule has 3 N–H and O–H groups in total. The molecule has 0 saturated heterocycles. The highest BCUT2D eigenvalue weighted by Crippen LogP contribution is 2.10. The Kier molecular flexibility index (Phi) is 3.62. The van der Waals surface area contributed by atoms with Crippen LogP contribution in [0.3, 0.4) is 0 Å². The van der Waals surface area contributed by atoms with E-state index in [1.807, 2.05) is 0 Å². The standard InChI is InChI=1S/C8H11N3O3S/c1-4(7(13)14-2)10-6(12)5-3-15-8(9)11-5/h3-4H,1-2H3,(H2,9,11)(H,10,12). The van der Waals surface area contributed by atoms with Gasteiger partial charge in [0.15, 0.2) is 5.13 Å². The molecular weight excluding hydrogens is 218 g/mol. The summed E-state index contributed by atoms with van der Waals surface area (Å²) >= 11 is 1.16. The zero-order chi connectivity index (χ0) is 11.4. The molecule has 0 radical (unpaired) electrons. The zero-order valence-electron chi connectivity index (χ0n) is 8.31. The molecule has 0 aliphatic carbocycles. The SMILES string of the molecule is COC(=O)C(C)NC(=O)c1csc(N)n1. The minimum atomic E-state index is -0.703. The van der Waals surface area contributed by atoms with Crippen molar-refractivity contribution >= 4 is 28.3 Å².